The summed E-state index contributed by atoms with van der Waals surface area (Å²) in [5.41, 5.74) is 5.31. The molecule has 7 nitrogen and oxygen atoms in total. The van der Waals surface area contributed by atoms with Crippen molar-refractivity contribution in [3.05, 3.63) is 65.7 Å². The topological polar surface area (TPSA) is 88.0 Å². The molecule has 0 atom stereocenters. The molecule has 1 aromatic carbocycles. The number of fused-ring (bicyclic) bond motifs is 1. The minimum Gasteiger partial charge on any atom is -0.322 e. The van der Waals surface area contributed by atoms with Crippen LogP contribution in [0.2, 0.25) is 0 Å². The van der Waals surface area contributed by atoms with E-state index in [1.54, 1.807) is 16.9 Å². The highest BCUT2D eigenvalue weighted by Gasteiger charge is 2.16. The summed E-state index contributed by atoms with van der Waals surface area (Å²) in [5, 5.41) is 14.0. The van der Waals surface area contributed by atoms with Crippen LogP contribution in [0.1, 0.15) is 21.7 Å². The number of amides is 1. The van der Waals surface area contributed by atoms with Gasteiger partial charge in [0.2, 0.25) is 0 Å². The number of nitrogens with one attached hydrogen (secondary N) is 2. The van der Waals surface area contributed by atoms with Gasteiger partial charge in [-0.2, -0.15) is 10.2 Å². The van der Waals surface area contributed by atoms with E-state index in [2.05, 4.69) is 25.6 Å². The van der Waals surface area contributed by atoms with Gasteiger partial charge in [-0.3, -0.25) is 9.89 Å². The number of aryl methyl sites for hydroxylation is 2. The monoisotopic (exact) mass is 332 g/mol. The Kier molecular flexibility index (Phi) is 3.53. The summed E-state index contributed by atoms with van der Waals surface area (Å²) in [4.78, 5) is 17.1. The lowest BCUT2D eigenvalue weighted by molar-refractivity contribution is 0.102. The van der Waals surface area contributed by atoms with Crippen LogP contribution in [-0.2, 0) is 0 Å². The zero-order valence-corrected chi connectivity index (χ0v) is 13.8. The summed E-state index contributed by atoms with van der Waals surface area (Å²) >= 11 is 0. The maximum atomic E-state index is 12.7. The van der Waals surface area contributed by atoms with Crippen LogP contribution in [0.15, 0.2) is 48.8 Å². The summed E-state index contributed by atoms with van der Waals surface area (Å²) in [6, 6.07) is 11.4. The Morgan fingerprint density at radius 3 is 2.88 bits per heavy atom. The van der Waals surface area contributed by atoms with Crippen LogP contribution in [0.4, 0.5) is 5.69 Å². The van der Waals surface area contributed by atoms with Crippen LogP contribution in [0.25, 0.3) is 16.9 Å². The molecule has 0 saturated heterocycles. The minimum absolute atomic E-state index is 0.241. The van der Waals surface area contributed by atoms with Crippen LogP contribution in [0.5, 0.6) is 0 Å². The second-order valence-electron chi connectivity index (χ2n) is 5.84. The summed E-state index contributed by atoms with van der Waals surface area (Å²) in [7, 11) is 0. The highest BCUT2D eigenvalue weighted by Crippen LogP contribution is 2.21. The average molecular weight is 332 g/mol. The molecule has 4 rings (SSSR count). The van der Waals surface area contributed by atoms with E-state index in [0.29, 0.717) is 16.9 Å². The predicted molar refractivity (Wildman–Crippen MR) is 94.4 cm³/mol. The SMILES string of the molecule is Cc1cc(C)n2ncc(C(=O)Nc3cccc(-c4ccn[nH]4)c3)c2n1. The van der Waals surface area contributed by atoms with E-state index in [1.165, 1.54) is 0 Å². The van der Waals surface area contributed by atoms with Crippen LogP contribution in [0.3, 0.4) is 0 Å². The van der Waals surface area contributed by atoms with Gasteiger partial charge in [0.1, 0.15) is 5.56 Å². The van der Waals surface area contributed by atoms with Gasteiger partial charge in [-0.05, 0) is 38.1 Å². The van der Waals surface area contributed by atoms with E-state index in [1.807, 2.05) is 50.2 Å². The molecule has 3 heterocycles. The number of aromatic nitrogens is 5. The molecule has 2 N–H and O–H groups in total. The van der Waals surface area contributed by atoms with Crippen molar-refractivity contribution in [1.29, 1.82) is 0 Å². The number of carbonyl (C=O) groups excluding carboxylic acids is 1. The lowest BCUT2D eigenvalue weighted by Gasteiger charge is -2.06. The van der Waals surface area contributed by atoms with Crippen LogP contribution >= 0.6 is 0 Å². The first-order valence-electron chi connectivity index (χ1n) is 7.85. The molecule has 0 fully saturated rings. The van der Waals surface area contributed by atoms with Gasteiger partial charge < -0.3 is 5.32 Å². The molecule has 0 unspecified atom stereocenters. The Morgan fingerprint density at radius 1 is 1.20 bits per heavy atom. The lowest BCUT2D eigenvalue weighted by Crippen LogP contribution is -2.12. The van der Waals surface area contributed by atoms with Gasteiger partial charge in [-0.1, -0.05) is 12.1 Å². The molecule has 25 heavy (non-hydrogen) atoms. The Labute approximate surface area is 143 Å². The van der Waals surface area contributed by atoms with Crippen molar-refractivity contribution in [2.75, 3.05) is 5.32 Å². The number of hydrogen-bond acceptors (Lipinski definition) is 4. The second kappa shape index (κ2) is 5.86. The molecule has 124 valence electrons. The number of H-pyrrole nitrogens is 1. The van der Waals surface area contributed by atoms with Crippen molar-refractivity contribution in [3.63, 3.8) is 0 Å². The average Bonchev–Trinajstić information content (AvgIpc) is 3.24. The zero-order valence-electron chi connectivity index (χ0n) is 13.8. The van der Waals surface area contributed by atoms with Crippen LogP contribution < -0.4 is 5.32 Å². The number of nitrogens with zero attached hydrogens (tertiary/aromatic N) is 4. The molecule has 0 bridgehead atoms. The van der Waals surface area contributed by atoms with Gasteiger partial charge in [0.05, 0.1) is 11.9 Å². The van der Waals surface area contributed by atoms with Gasteiger partial charge in [0.15, 0.2) is 5.65 Å². The number of aromatic amines is 1. The van der Waals surface area contributed by atoms with E-state index in [9.17, 15) is 4.79 Å². The Hall–Kier alpha value is -3.48. The lowest BCUT2D eigenvalue weighted by atomic mass is 10.1. The number of benzene rings is 1. The maximum absolute atomic E-state index is 12.7. The molecule has 3 aromatic heterocycles. The maximum Gasteiger partial charge on any atom is 0.261 e. The van der Waals surface area contributed by atoms with Crippen LogP contribution in [-0.4, -0.2) is 30.7 Å². The number of carbonyl (C=O) groups is 1. The van der Waals surface area contributed by atoms with Crippen molar-refractivity contribution in [3.8, 4) is 11.3 Å². The van der Waals surface area contributed by atoms with E-state index >= 15 is 0 Å². The number of anilines is 1. The quantitative estimate of drug-likeness (QED) is 0.604. The largest absolute Gasteiger partial charge is 0.322 e. The fraction of sp³-hybridized carbons (Fsp3) is 0.111. The normalized spacial score (nSPS) is 11.0. The fourth-order valence-corrected chi connectivity index (χ4v) is 2.81. The van der Waals surface area contributed by atoms with Crippen molar-refractivity contribution < 1.29 is 4.79 Å². The summed E-state index contributed by atoms with van der Waals surface area (Å²) in [6.07, 6.45) is 3.23. The zero-order chi connectivity index (χ0) is 17.4. The molecule has 7 heteroatoms. The standard InChI is InChI=1S/C18H16N6O/c1-11-8-12(2)24-17(21-11)15(10-20-24)18(25)22-14-5-3-4-13(9-14)16-6-7-19-23-16/h3-10H,1-2H3,(H,19,23)(H,22,25). The predicted octanol–water partition coefficient (Wildman–Crippen LogP) is 2.99. The van der Waals surface area contributed by atoms with E-state index in [4.69, 9.17) is 0 Å². The first-order chi connectivity index (χ1) is 12.1. The Bertz CT molecular complexity index is 1060. The van der Waals surface area contributed by atoms with Crippen molar-refractivity contribution in [1.82, 2.24) is 24.8 Å². The van der Waals surface area contributed by atoms with E-state index in [-0.39, 0.29) is 5.91 Å². The van der Waals surface area contributed by atoms with E-state index < -0.39 is 0 Å². The van der Waals surface area contributed by atoms with Gasteiger partial charge in [0.25, 0.3) is 5.91 Å². The molecular weight excluding hydrogens is 316 g/mol. The van der Waals surface area contributed by atoms with Gasteiger partial charge in [-0.15, -0.1) is 0 Å². The fourth-order valence-electron chi connectivity index (χ4n) is 2.81. The molecule has 4 aromatic rings. The van der Waals surface area contributed by atoms with Gasteiger partial charge in [0, 0.05) is 28.8 Å². The third-order valence-corrected chi connectivity index (χ3v) is 3.95. The molecule has 1 amide bonds. The second-order valence-corrected chi connectivity index (χ2v) is 5.84. The van der Waals surface area contributed by atoms with Gasteiger partial charge >= 0.3 is 0 Å². The molecule has 0 spiro atoms. The third-order valence-electron chi connectivity index (χ3n) is 3.95. The highest BCUT2D eigenvalue weighted by molar-refractivity contribution is 6.08. The first kappa shape index (κ1) is 15.1. The summed E-state index contributed by atoms with van der Waals surface area (Å²) in [6.45, 7) is 3.83. The van der Waals surface area contributed by atoms with E-state index in [0.717, 1.165) is 22.6 Å². The molecule has 0 radical (unpaired) electrons. The molecular formula is C18H16N6O. The molecule has 0 aliphatic carbocycles. The Balaban J connectivity index is 1.66. The molecule has 0 aliphatic rings. The smallest absolute Gasteiger partial charge is 0.261 e. The molecule has 0 saturated carbocycles. The number of hydrogen-bond donors (Lipinski definition) is 2. The first-order valence-corrected chi connectivity index (χ1v) is 7.85. The Morgan fingerprint density at radius 2 is 2.08 bits per heavy atom. The van der Waals surface area contributed by atoms with Crippen LogP contribution in [0, 0.1) is 13.8 Å². The molecule has 0 aliphatic heterocycles. The minimum atomic E-state index is -0.241. The van der Waals surface area contributed by atoms with Crippen molar-refractivity contribution in [2.45, 2.75) is 13.8 Å². The van der Waals surface area contributed by atoms with Crippen molar-refractivity contribution >= 4 is 17.2 Å². The summed E-state index contributed by atoms with van der Waals surface area (Å²) in [5.74, 6) is -0.241. The summed E-state index contributed by atoms with van der Waals surface area (Å²) < 4.78 is 1.67. The number of rotatable bonds is 3. The highest BCUT2D eigenvalue weighted by atomic mass is 16.1. The van der Waals surface area contributed by atoms with Crippen molar-refractivity contribution in [2.24, 2.45) is 0 Å². The third kappa shape index (κ3) is 2.76. The van der Waals surface area contributed by atoms with Gasteiger partial charge in [-0.25, -0.2) is 9.50 Å².